The fraction of sp³-hybridized carbons (Fsp3) is 0.296. The molecule has 4 aromatic rings. The number of hydrogen-bond donors (Lipinski definition) is 0. The summed E-state index contributed by atoms with van der Waals surface area (Å²) in [4.78, 5) is 28.8. The molecule has 0 saturated heterocycles. The van der Waals surface area contributed by atoms with E-state index in [0.717, 1.165) is 23.1 Å². The van der Waals surface area contributed by atoms with Crippen LogP contribution in [0.2, 0.25) is 0 Å². The van der Waals surface area contributed by atoms with Crippen LogP contribution in [0.1, 0.15) is 72.3 Å². The largest absolute Gasteiger partial charge is 0.450 e. The summed E-state index contributed by atoms with van der Waals surface area (Å²) in [5.41, 5.74) is 3.55. The third-order valence-corrected chi connectivity index (χ3v) is 6.30. The first kappa shape index (κ1) is 21.2. The van der Waals surface area contributed by atoms with E-state index in [1.54, 1.807) is 19.1 Å². The lowest BCUT2D eigenvalue weighted by Crippen LogP contribution is -2.29. The molecule has 0 radical (unpaired) electrons. The van der Waals surface area contributed by atoms with Gasteiger partial charge in [0.25, 0.3) is 5.91 Å². The average molecular weight is 443 g/mol. The van der Waals surface area contributed by atoms with Gasteiger partial charge in [0.1, 0.15) is 11.3 Å². The molecule has 33 heavy (non-hydrogen) atoms. The monoisotopic (exact) mass is 442 g/mol. The Labute approximate surface area is 191 Å². The zero-order chi connectivity index (χ0) is 23.5. The molecule has 3 heterocycles. The van der Waals surface area contributed by atoms with Crippen LogP contribution in [0.4, 0.5) is 5.82 Å². The summed E-state index contributed by atoms with van der Waals surface area (Å²) in [7, 11) is 0. The molecule has 2 aromatic heterocycles. The standard InChI is InChI=1S/C27H26N2O4/c1-6-16-7-12-20-19(14-16)24(30)22-23(17-8-10-18(11-9-17)27(3,4)5)29(26(31)25(22)32-20)21-13-15(2)33-28-21/h7-14,23H,6H2,1-5H3. The fourth-order valence-corrected chi connectivity index (χ4v) is 4.42. The molecule has 0 N–H and O–H groups in total. The number of amides is 1. The van der Waals surface area contributed by atoms with Crippen LogP contribution in [0, 0.1) is 6.92 Å². The lowest BCUT2D eigenvalue weighted by Gasteiger charge is -2.24. The smallest absolute Gasteiger partial charge is 0.296 e. The van der Waals surface area contributed by atoms with Gasteiger partial charge in [-0.3, -0.25) is 14.5 Å². The van der Waals surface area contributed by atoms with Crippen molar-refractivity contribution in [2.45, 2.75) is 52.5 Å². The summed E-state index contributed by atoms with van der Waals surface area (Å²) in [5, 5.41) is 4.56. The van der Waals surface area contributed by atoms with Crippen LogP contribution in [0.15, 0.2) is 62.3 Å². The van der Waals surface area contributed by atoms with Crippen LogP contribution in [0.5, 0.6) is 0 Å². The average Bonchev–Trinajstić information content (AvgIpc) is 3.34. The molecule has 0 fully saturated rings. The number of aryl methyl sites for hydroxylation is 2. The Bertz CT molecular complexity index is 1440. The maximum atomic E-state index is 13.7. The summed E-state index contributed by atoms with van der Waals surface area (Å²) in [6.45, 7) is 10.2. The third kappa shape index (κ3) is 3.37. The first-order chi connectivity index (χ1) is 15.7. The predicted molar refractivity (Wildman–Crippen MR) is 127 cm³/mol. The number of anilines is 1. The van der Waals surface area contributed by atoms with Gasteiger partial charge in [-0.25, -0.2) is 0 Å². The van der Waals surface area contributed by atoms with Gasteiger partial charge in [0.2, 0.25) is 5.76 Å². The van der Waals surface area contributed by atoms with Crippen molar-refractivity contribution in [3.63, 3.8) is 0 Å². The van der Waals surface area contributed by atoms with E-state index in [1.807, 2.05) is 43.3 Å². The van der Waals surface area contributed by atoms with Gasteiger partial charge in [0, 0.05) is 6.07 Å². The van der Waals surface area contributed by atoms with Crippen LogP contribution in [-0.4, -0.2) is 11.1 Å². The first-order valence-corrected chi connectivity index (χ1v) is 11.2. The molecule has 6 heteroatoms. The van der Waals surface area contributed by atoms with E-state index in [4.69, 9.17) is 8.94 Å². The third-order valence-electron chi connectivity index (χ3n) is 6.30. The second-order valence-corrected chi connectivity index (χ2v) is 9.60. The summed E-state index contributed by atoms with van der Waals surface area (Å²) < 4.78 is 11.3. The molecule has 1 unspecified atom stereocenters. The van der Waals surface area contributed by atoms with Gasteiger partial charge in [-0.05, 0) is 47.6 Å². The maximum Gasteiger partial charge on any atom is 0.296 e. The van der Waals surface area contributed by atoms with Gasteiger partial charge >= 0.3 is 0 Å². The molecule has 0 bridgehead atoms. The Kier molecular flexibility index (Phi) is 4.78. The van der Waals surface area contributed by atoms with Gasteiger partial charge in [-0.2, -0.15) is 0 Å². The second-order valence-electron chi connectivity index (χ2n) is 9.60. The van der Waals surface area contributed by atoms with Crippen molar-refractivity contribution >= 4 is 22.7 Å². The van der Waals surface area contributed by atoms with Crippen LogP contribution in [0.25, 0.3) is 11.0 Å². The number of hydrogen-bond acceptors (Lipinski definition) is 5. The van der Waals surface area contributed by atoms with Crippen molar-refractivity contribution in [3.05, 3.63) is 92.5 Å². The Hall–Kier alpha value is -3.67. The predicted octanol–water partition coefficient (Wildman–Crippen LogP) is 5.70. The van der Waals surface area contributed by atoms with Crippen LogP contribution < -0.4 is 10.3 Å². The number of rotatable bonds is 3. The molecular formula is C27H26N2O4. The Morgan fingerprint density at radius 3 is 2.36 bits per heavy atom. The SMILES string of the molecule is CCc1ccc2oc3c(c(=O)c2c1)C(c1ccc(C(C)(C)C)cc1)N(c1cc(C)on1)C3=O. The summed E-state index contributed by atoms with van der Waals surface area (Å²) in [5.74, 6) is 0.586. The van der Waals surface area contributed by atoms with Crippen molar-refractivity contribution in [3.8, 4) is 0 Å². The number of nitrogens with zero attached hydrogens (tertiary/aromatic N) is 2. The highest BCUT2D eigenvalue weighted by molar-refractivity contribution is 6.10. The minimum atomic E-state index is -0.656. The maximum absolute atomic E-state index is 13.7. The molecular weight excluding hydrogens is 416 g/mol. The molecule has 0 aliphatic carbocycles. The molecule has 5 rings (SSSR count). The fourth-order valence-electron chi connectivity index (χ4n) is 4.42. The molecule has 0 spiro atoms. The van der Waals surface area contributed by atoms with Gasteiger partial charge < -0.3 is 8.94 Å². The molecule has 6 nitrogen and oxygen atoms in total. The van der Waals surface area contributed by atoms with Crippen LogP contribution >= 0.6 is 0 Å². The number of fused-ring (bicyclic) bond motifs is 2. The van der Waals surface area contributed by atoms with E-state index >= 15 is 0 Å². The molecule has 0 saturated carbocycles. The van der Waals surface area contributed by atoms with Gasteiger partial charge in [-0.15, -0.1) is 0 Å². The number of carbonyl (C=O) groups is 1. The molecule has 2 aromatic carbocycles. The lowest BCUT2D eigenvalue weighted by molar-refractivity contribution is 0.0969. The zero-order valence-corrected chi connectivity index (χ0v) is 19.4. The van der Waals surface area contributed by atoms with E-state index in [-0.39, 0.29) is 16.6 Å². The molecule has 1 amide bonds. The van der Waals surface area contributed by atoms with Crippen molar-refractivity contribution in [1.29, 1.82) is 0 Å². The van der Waals surface area contributed by atoms with E-state index in [1.165, 1.54) is 4.90 Å². The van der Waals surface area contributed by atoms with E-state index in [2.05, 4.69) is 25.9 Å². The highest BCUT2D eigenvalue weighted by Crippen LogP contribution is 2.41. The van der Waals surface area contributed by atoms with Crippen LogP contribution in [0.3, 0.4) is 0 Å². The van der Waals surface area contributed by atoms with Crippen molar-refractivity contribution < 1.29 is 13.7 Å². The molecule has 1 atom stereocenters. The first-order valence-electron chi connectivity index (χ1n) is 11.2. The van der Waals surface area contributed by atoms with E-state index in [0.29, 0.717) is 28.1 Å². The summed E-state index contributed by atoms with van der Waals surface area (Å²) in [6.07, 6.45) is 0.799. The van der Waals surface area contributed by atoms with Gasteiger partial charge in [0.15, 0.2) is 11.2 Å². The van der Waals surface area contributed by atoms with Crippen molar-refractivity contribution in [1.82, 2.24) is 5.16 Å². The molecule has 168 valence electrons. The Balaban J connectivity index is 1.76. The number of carbonyl (C=O) groups excluding carboxylic acids is 1. The summed E-state index contributed by atoms with van der Waals surface area (Å²) in [6, 6.07) is 14.6. The van der Waals surface area contributed by atoms with Crippen molar-refractivity contribution in [2.75, 3.05) is 4.90 Å². The number of aromatic nitrogens is 1. The van der Waals surface area contributed by atoms with Gasteiger partial charge in [-0.1, -0.05) is 63.2 Å². The second kappa shape index (κ2) is 7.44. The van der Waals surface area contributed by atoms with E-state index in [9.17, 15) is 9.59 Å². The molecule has 1 aliphatic rings. The lowest BCUT2D eigenvalue weighted by atomic mass is 9.86. The normalized spacial score (nSPS) is 16.0. The van der Waals surface area contributed by atoms with Gasteiger partial charge in [0.05, 0.1) is 17.0 Å². The Morgan fingerprint density at radius 1 is 1.03 bits per heavy atom. The topological polar surface area (TPSA) is 76.6 Å². The van der Waals surface area contributed by atoms with E-state index < -0.39 is 11.9 Å². The minimum absolute atomic E-state index is 0.0172. The Morgan fingerprint density at radius 2 is 1.76 bits per heavy atom. The summed E-state index contributed by atoms with van der Waals surface area (Å²) >= 11 is 0. The van der Waals surface area contributed by atoms with Crippen LogP contribution in [-0.2, 0) is 11.8 Å². The minimum Gasteiger partial charge on any atom is -0.450 e. The molecule has 1 aliphatic heterocycles. The zero-order valence-electron chi connectivity index (χ0n) is 19.4. The van der Waals surface area contributed by atoms with Crippen molar-refractivity contribution in [2.24, 2.45) is 0 Å². The quantitative estimate of drug-likeness (QED) is 0.407. The highest BCUT2D eigenvalue weighted by atomic mass is 16.5. The highest BCUT2D eigenvalue weighted by Gasteiger charge is 2.45. The number of benzene rings is 2.